The Morgan fingerprint density at radius 3 is 2.62 bits per heavy atom. The molecule has 1 aromatic carbocycles. The van der Waals surface area contributed by atoms with Crippen LogP contribution in [0.3, 0.4) is 0 Å². The van der Waals surface area contributed by atoms with E-state index < -0.39 is 0 Å². The second-order valence-corrected chi connectivity index (χ2v) is 9.05. The van der Waals surface area contributed by atoms with Gasteiger partial charge in [-0.05, 0) is 23.6 Å². The number of carbonyl (C=O) groups is 1. The van der Waals surface area contributed by atoms with Crippen molar-refractivity contribution in [2.24, 2.45) is 0 Å². The van der Waals surface area contributed by atoms with Crippen molar-refractivity contribution in [1.29, 1.82) is 0 Å². The normalized spacial score (nSPS) is 11.0. The van der Waals surface area contributed by atoms with Gasteiger partial charge in [0.1, 0.15) is 5.69 Å². The molecular weight excluding hydrogens is 448 g/mol. The summed E-state index contributed by atoms with van der Waals surface area (Å²) in [7, 11) is 0. The number of nitrogens with one attached hydrogen (secondary N) is 3. The number of H-pyrrole nitrogens is 1. The molecule has 3 heterocycles. The van der Waals surface area contributed by atoms with E-state index in [0.29, 0.717) is 30.3 Å². The van der Waals surface area contributed by atoms with Crippen molar-refractivity contribution in [1.82, 2.24) is 25.5 Å². The number of amides is 1. The quantitative estimate of drug-likeness (QED) is 0.314. The third-order valence-corrected chi connectivity index (χ3v) is 6.13. The van der Waals surface area contributed by atoms with Crippen molar-refractivity contribution < 1.29 is 4.79 Å². The highest BCUT2D eigenvalue weighted by atomic mass is 32.1. The molecular formula is C25H26N6O2S. The Hall–Kier alpha value is -3.69. The van der Waals surface area contributed by atoms with Crippen LogP contribution in [0.15, 0.2) is 65.6 Å². The van der Waals surface area contributed by atoms with E-state index in [2.05, 4.69) is 25.8 Å². The fourth-order valence-electron chi connectivity index (χ4n) is 3.47. The lowest BCUT2D eigenvalue weighted by atomic mass is 10.00. The summed E-state index contributed by atoms with van der Waals surface area (Å²) in [6.07, 6.45) is 2.05. The molecule has 4 aromatic rings. The summed E-state index contributed by atoms with van der Waals surface area (Å²) < 4.78 is 0. The van der Waals surface area contributed by atoms with E-state index in [4.69, 9.17) is 4.98 Å². The molecule has 3 N–H and O–H groups in total. The number of carbonyl (C=O) groups excluding carboxylic acids is 1. The number of pyridine rings is 1. The van der Waals surface area contributed by atoms with Crippen LogP contribution in [0.2, 0.25) is 0 Å². The van der Waals surface area contributed by atoms with Crippen molar-refractivity contribution >= 4 is 22.4 Å². The van der Waals surface area contributed by atoms with Crippen LogP contribution in [-0.2, 0) is 11.3 Å². The zero-order valence-corrected chi connectivity index (χ0v) is 19.9. The number of nitrogens with zero attached hydrogens (tertiary/aromatic N) is 3. The van der Waals surface area contributed by atoms with E-state index in [1.807, 2.05) is 62.4 Å². The Kier molecular flexibility index (Phi) is 7.56. The molecule has 34 heavy (non-hydrogen) atoms. The lowest BCUT2D eigenvalue weighted by Gasteiger charge is -2.10. The minimum Gasteiger partial charge on any atom is -0.311 e. The summed E-state index contributed by atoms with van der Waals surface area (Å²) in [5, 5.41) is 13.5. The molecule has 0 radical (unpaired) electrons. The van der Waals surface area contributed by atoms with E-state index in [-0.39, 0.29) is 17.4 Å². The van der Waals surface area contributed by atoms with E-state index >= 15 is 0 Å². The van der Waals surface area contributed by atoms with Gasteiger partial charge in [-0.2, -0.15) is 5.10 Å². The van der Waals surface area contributed by atoms with Crippen molar-refractivity contribution in [3.8, 4) is 21.8 Å². The fraction of sp³-hybridized carbons (Fsp3) is 0.240. The van der Waals surface area contributed by atoms with Crippen LogP contribution in [0.1, 0.15) is 37.4 Å². The number of rotatable bonds is 9. The number of aromatic nitrogens is 4. The maximum atomic E-state index is 12.6. The molecule has 0 aliphatic carbocycles. The molecule has 174 valence electrons. The van der Waals surface area contributed by atoms with Gasteiger partial charge in [0, 0.05) is 37.3 Å². The lowest BCUT2D eigenvalue weighted by molar-refractivity contribution is -0.116. The molecule has 0 fully saturated rings. The van der Waals surface area contributed by atoms with Crippen molar-refractivity contribution in [3.05, 3.63) is 82.4 Å². The van der Waals surface area contributed by atoms with Gasteiger partial charge in [0.2, 0.25) is 5.91 Å². The van der Waals surface area contributed by atoms with Gasteiger partial charge in [-0.15, -0.1) is 0 Å². The minimum atomic E-state index is -0.245. The predicted octanol–water partition coefficient (Wildman–Crippen LogP) is 4.20. The number of thiazole rings is 1. The van der Waals surface area contributed by atoms with Gasteiger partial charge in [-0.1, -0.05) is 61.6 Å². The lowest BCUT2D eigenvalue weighted by Crippen LogP contribution is -2.21. The molecule has 0 atom stereocenters. The molecule has 9 heteroatoms. The number of hydrogen-bond acceptors (Lipinski definition) is 7. The van der Waals surface area contributed by atoms with Gasteiger partial charge in [-0.3, -0.25) is 14.6 Å². The maximum absolute atomic E-state index is 12.6. The third kappa shape index (κ3) is 5.81. The van der Waals surface area contributed by atoms with Gasteiger partial charge in [0.15, 0.2) is 5.13 Å². The molecule has 0 spiro atoms. The van der Waals surface area contributed by atoms with Gasteiger partial charge in [0.25, 0.3) is 5.56 Å². The summed E-state index contributed by atoms with van der Waals surface area (Å²) in [6, 6.07) is 17.1. The summed E-state index contributed by atoms with van der Waals surface area (Å²) >= 11 is 1.35. The fourth-order valence-corrected chi connectivity index (χ4v) is 4.48. The molecule has 0 aliphatic heterocycles. The van der Waals surface area contributed by atoms with E-state index in [1.54, 1.807) is 12.3 Å². The zero-order chi connectivity index (χ0) is 23.9. The van der Waals surface area contributed by atoms with Crippen molar-refractivity contribution in [3.63, 3.8) is 0 Å². The Bertz CT molecular complexity index is 1300. The Labute approximate surface area is 201 Å². The van der Waals surface area contributed by atoms with Crippen LogP contribution in [0, 0.1) is 0 Å². The number of benzene rings is 1. The van der Waals surface area contributed by atoms with Crippen molar-refractivity contribution in [2.45, 2.75) is 32.7 Å². The maximum Gasteiger partial charge on any atom is 0.264 e. The average molecular weight is 475 g/mol. The Morgan fingerprint density at radius 2 is 1.88 bits per heavy atom. The first kappa shape index (κ1) is 23.5. The van der Waals surface area contributed by atoms with Gasteiger partial charge in [-0.25, -0.2) is 10.1 Å². The molecule has 0 aliphatic rings. The van der Waals surface area contributed by atoms with Gasteiger partial charge in [0.05, 0.1) is 16.3 Å². The smallest absolute Gasteiger partial charge is 0.264 e. The molecule has 0 unspecified atom stereocenters. The van der Waals surface area contributed by atoms with Gasteiger partial charge < -0.3 is 10.6 Å². The molecule has 3 aromatic heterocycles. The first-order valence-electron chi connectivity index (χ1n) is 11.1. The highest BCUT2D eigenvalue weighted by Gasteiger charge is 2.21. The first-order chi connectivity index (χ1) is 16.5. The Balaban J connectivity index is 1.53. The molecule has 4 rings (SSSR count). The number of aromatic amines is 1. The van der Waals surface area contributed by atoms with Crippen molar-refractivity contribution in [2.75, 3.05) is 11.9 Å². The second kappa shape index (κ2) is 11.0. The molecule has 1 amide bonds. The third-order valence-electron chi connectivity index (χ3n) is 5.16. The SMILES string of the molecule is CC(C)c1cc(=O)[nH]nc1-c1sc(NC(=O)CCNCc2ccccn2)nc1-c1ccccc1. The summed E-state index contributed by atoms with van der Waals surface area (Å²) in [4.78, 5) is 34.3. The van der Waals surface area contributed by atoms with E-state index in [9.17, 15) is 9.59 Å². The number of anilines is 1. The predicted molar refractivity (Wildman–Crippen MR) is 135 cm³/mol. The second-order valence-electron chi connectivity index (χ2n) is 8.05. The monoisotopic (exact) mass is 474 g/mol. The molecule has 0 saturated carbocycles. The highest BCUT2D eigenvalue weighted by Crippen LogP contribution is 2.40. The zero-order valence-electron chi connectivity index (χ0n) is 19.0. The van der Waals surface area contributed by atoms with Crippen LogP contribution in [0.25, 0.3) is 21.8 Å². The summed E-state index contributed by atoms with van der Waals surface area (Å²) in [6.45, 7) is 5.16. The van der Waals surface area contributed by atoms with Crippen LogP contribution in [0.4, 0.5) is 5.13 Å². The summed E-state index contributed by atoms with van der Waals surface area (Å²) in [5.74, 6) is -0.0364. The standard InChI is InChI=1S/C25H26N6O2S/c1-16(2)19-14-21(33)30-31-23(19)24-22(17-8-4-3-5-9-17)29-25(34-24)28-20(32)11-13-26-15-18-10-6-7-12-27-18/h3-10,12,14,16,26H,11,13,15H2,1-2H3,(H,30,33)(H,28,29,32). The van der Waals surface area contributed by atoms with Gasteiger partial charge >= 0.3 is 0 Å². The van der Waals surface area contributed by atoms with Crippen LogP contribution in [0.5, 0.6) is 0 Å². The number of hydrogen-bond donors (Lipinski definition) is 3. The van der Waals surface area contributed by atoms with Crippen LogP contribution in [-0.4, -0.2) is 32.6 Å². The highest BCUT2D eigenvalue weighted by molar-refractivity contribution is 7.19. The topological polar surface area (TPSA) is 113 Å². The minimum absolute atomic E-state index is 0.0961. The van der Waals surface area contributed by atoms with E-state index in [0.717, 1.165) is 27.4 Å². The van der Waals surface area contributed by atoms with Crippen LogP contribution < -0.4 is 16.2 Å². The van der Waals surface area contributed by atoms with E-state index in [1.165, 1.54) is 11.3 Å². The summed E-state index contributed by atoms with van der Waals surface area (Å²) in [5.41, 5.74) is 3.81. The molecule has 0 saturated heterocycles. The Morgan fingerprint density at radius 1 is 1.09 bits per heavy atom. The molecule has 0 bridgehead atoms. The molecule has 8 nitrogen and oxygen atoms in total. The largest absolute Gasteiger partial charge is 0.311 e. The van der Waals surface area contributed by atoms with Crippen LogP contribution >= 0.6 is 11.3 Å². The average Bonchev–Trinajstić information content (AvgIpc) is 3.26. The first-order valence-corrected chi connectivity index (χ1v) is 11.9.